The van der Waals surface area contributed by atoms with E-state index in [9.17, 15) is 0 Å². The first-order valence-electron chi connectivity index (χ1n) is 4.33. The van der Waals surface area contributed by atoms with Gasteiger partial charge in [0, 0.05) is 6.21 Å². The first-order chi connectivity index (χ1) is 6.15. The molecule has 0 fully saturated rings. The fourth-order valence-corrected chi connectivity index (χ4v) is 0.996. The number of allylic oxidation sites excluding steroid dienone is 6. The highest BCUT2D eigenvalue weighted by Crippen LogP contribution is 2.12. The molecule has 0 saturated heterocycles. The van der Waals surface area contributed by atoms with Gasteiger partial charge in [0.25, 0.3) is 0 Å². The number of hydrogen-bond donors (Lipinski definition) is 1. The number of rotatable bonds is 5. The quantitative estimate of drug-likeness (QED) is 0.488. The average Bonchev–Trinajstić information content (AvgIpc) is 2.10. The maximum Gasteiger partial charge on any atom is 0.0256 e. The van der Waals surface area contributed by atoms with Crippen LogP contribution in [0.2, 0.25) is 0 Å². The van der Waals surface area contributed by atoms with E-state index >= 15 is 0 Å². The van der Waals surface area contributed by atoms with Crippen LogP contribution in [0.3, 0.4) is 0 Å². The van der Waals surface area contributed by atoms with Crippen molar-refractivity contribution in [2.45, 2.75) is 13.8 Å². The van der Waals surface area contributed by atoms with E-state index < -0.39 is 0 Å². The third-order valence-electron chi connectivity index (χ3n) is 1.52. The second-order valence-corrected chi connectivity index (χ2v) is 3.07. The van der Waals surface area contributed by atoms with Crippen molar-refractivity contribution < 1.29 is 0 Å². The van der Waals surface area contributed by atoms with Gasteiger partial charge in [0.15, 0.2) is 0 Å². The summed E-state index contributed by atoms with van der Waals surface area (Å²) in [5.74, 6) is 0.459. The van der Waals surface area contributed by atoms with Gasteiger partial charge < -0.3 is 5.41 Å². The van der Waals surface area contributed by atoms with Crippen LogP contribution in [0, 0.1) is 11.3 Å². The summed E-state index contributed by atoms with van der Waals surface area (Å²) in [4.78, 5) is 0. The van der Waals surface area contributed by atoms with Crippen molar-refractivity contribution >= 4 is 6.21 Å². The molecule has 0 amide bonds. The van der Waals surface area contributed by atoms with E-state index in [1.54, 1.807) is 12.2 Å². The molecule has 1 nitrogen and oxygen atoms in total. The van der Waals surface area contributed by atoms with Gasteiger partial charge in [0.05, 0.1) is 0 Å². The van der Waals surface area contributed by atoms with Gasteiger partial charge >= 0.3 is 0 Å². The van der Waals surface area contributed by atoms with Crippen LogP contribution in [-0.2, 0) is 0 Å². The Morgan fingerprint density at radius 3 is 2.15 bits per heavy atom. The molecule has 70 valence electrons. The van der Waals surface area contributed by atoms with Crippen LogP contribution in [0.25, 0.3) is 0 Å². The average molecular weight is 175 g/mol. The van der Waals surface area contributed by atoms with E-state index in [1.807, 2.05) is 6.08 Å². The van der Waals surface area contributed by atoms with Gasteiger partial charge in [-0.25, -0.2) is 0 Å². The molecule has 0 unspecified atom stereocenters. The van der Waals surface area contributed by atoms with Crippen LogP contribution < -0.4 is 0 Å². The van der Waals surface area contributed by atoms with Crippen molar-refractivity contribution in [2.24, 2.45) is 5.92 Å². The van der Waals surface area contributed by atoms with Crippen molar-refractivity contribution in [2.75, 3.05) is 0 Å². The molecule has 1 N–H and O–H groups in total. The highest BCUT2D eigenvalue weighted by Gasteiger charge is 1.97. The lowest BCUT2D eigenvalue weighted by atomic mass is 10.0. The van der Waals surface area contributed by atoms with E-state index in [0.717, 1.165) is 11.1 Å². The number of nitrogens with one attached hydrogen (secondary N) is 1. The van der Waals surface area contributed by atoms with Gasteiger partial charge in [-0.05, 0) is 17.1 Å². The molecule has 13 heavy (non-hydrogen) atoms. The van der Waals surface area contributed by atoms with E-state index in [-0.39, 0.29) is 0 Å². The van der Waals surface area contributed by atoms with Crippen molar-refractivity contribution in [1.29, 1.82) is 5.41 Å². The summed E-state index contributed by atoms with van der Waals surface area (Å²) in [6, 6.07) is 0. The van der Waals surface area contributed by atoms with E-state index in [4.69, 9.17) is 5.41 Å². The standard InChI is InChI=1S/C12H17N/c1-5-7-12(9-13)11(6-2)8-10(3)4/h5-10,13H,1-2H2,3-4H3/b11-8+,12-7+,13-9?. The number of hydrogen-bond acceptors (Lipinski definition) is 1. The Morgan fingerprint density at radius 1 is 1.23 bits per heavy atom. The first kappa shape index (κ1) is 11.6. The molecule has 0 aliphatic heterocycles. The highest BCUT2D eigenvalue weighted by molar-refractivity contribution is 5.84. The molecule has 0 aliphatic rings. The summed E-state index contributed by atoms with van der Waals surface area (Å²) in [5.41, 5.74) is 1.84. The Balaban J connectivity index is 4.94. The van der Waals surface area contributed by atoms with Crippen LogP contribution in [0.1, 0.15) is 13.8 Å². The molecule has 1 heteroatoms. The minimum atomic E-state index is 0.459. The van der Waals surface area contributed by atoms with Crippen LogP contribution in [0.15, 0.2) is 48.6 Å². The maximum absolute atomic E-state index is 7.21. The Bertz CT molecular complexity index is 254. The SMILES string of the molecule is C=C/C=C(C=N)/C(C=C)=C/C(C)C. The third-order valence-corrected chi connectivity index (χ3v) is 1.52. The van der Waals surface area contributed by atoms with Crippen molar-refractivity contribution in [1.82, 2.24) is 0 Å². The smallest absolute Gasteiger partial charge is 0.0256 e. The molecule has 0 aromatic rings. The summed E-state index contributed by atoms with van der Waals surface area (Å²) in [6.07, 6.45) is 8.65. The molecule has 0 bridgehead atoms. The highest BCUT2D eigenvalue weighted by atomic mass is 14.3. The molecule has 0 saturated carbocycles. The molecule has 0 heterocycles. The van der Waals surface area contributed by atoms with Crippen LogP contribution >= 0.6 is 0 Å². The monoisotopic (exact) mass is 175 g/mol. The zero-order valence-corrected chi connectivity index (χ0v) is 8.38. The van der Waals surface area contributed by atoms with Crippen molar-refractivity contribution in [3.05, 3.63) is 48.6 Å². The molecule has 0 rings (SSSR count). The lowest BCUT2D eigenvalue weighted by Gasteiger charge is -2.03. The summed E-state index contributed by atoms with van der Waals surface area (Å²) in [7, 11) is 0. The van der Waals surface area contributed by atoms with E-state index in [1.165, 1.54) is 6.21 Å². The Hall–Kier alpha value is -1.37. The van der Waals surface area contributed by atoms with Gasteiger partial charge in [0.1, 0.15) is 0 Å². The Labute approximate surface area is 80.7 Å². The molecule has 0 spiro atoms. The molecule has 0 aliphatic carbocycles. The predicted octanol–water partition coefficient (Wildman–Crippen LogP) is 3.52. The van der Waals surface area contributed by atoms with Gasteiger partial charge in [0.2, 0.25) is 0 Å². The fourth-order valence-electron chi connectivity index (χ4n) is 0.996. The van der Waals surface area contributed by atoms with Gasteiger partial charge in [-0.15, -0.1) is 0 Å². The summed E-state index contributed by atoms with van der Waals surface area (Å²) < 4.78 is 0. The van der Waals surface area contributed by atoms with E-state index in [0.29, 0.717) is 5.92 Å². The largest absolute Gasteiger partial charge is 0.308 e. The maximum atomic E-state index is 7.21. The lowest BCUT2D eigenvalue weighted by molar-refractivity contribution is 0.827. The third kappa shape index (κ3) is 4.26. The molecular weight excluding hydrogens is 158 g/mol. The summed E-state index contributed by atoms with van der Waals surface area (Å²) in [6.45, 7) is 11.5. The van der Waals surface area contributed by atoms with Crippen LogP contribution in [0.4, 0.5) is 0 Å². The Morgan fingerprint density at radius 2 is 1.85 bits per heavy atom. The minimum Gasteiger partial charge on any atom is -0.308 e. The second-order valence-electron chi connectivity index (χ2n) is 3.07. The zero-order valence-electron chi connectivity index (χ0n) is 8.38. The topological polar surface area (TPSA) is 23.9 Å². The molecule has 0 radical (unpaired) electrons. The van der Waals surface area contributed by atoms with Crippen LogP contribution in [0.5, 0.6) is 0 Å². The van der Waals surface area contributed by atoms with Crippen LogP contribution in [-0.4, -0.2) is 6.21 Å². The zero-order chi connectivity index (χ0) is 10.3. The van der Waals surface area contributed by atoms with Gasteiger partial charge in [-0.3, -0.25) is 0 Å². The molecular formula is C12H17N. The van der Waals surface area contributed by atoms with Crippen molar-refractivity contribution in [3.8, 4) is 0 Å². The first-order valence-corrected chi connectivity index (χ1v) is 4.33. The minimum absolute atomic E-state index is 0.459. The normalized spacial score (nSPS) is 12.8. The fraction of sp³-hybridized carbons (Fsp3) is 0.250. The lowest BCUT2D eigenvalue weighted by Crippen LogP contribution is -1.90. The molecule has 0 aromatic carbocycles. The molecule has 0 aromatic heterocycles. The molecule has 0 atom stereocenters. The van der Waals surface area contributed by atoms with Gasteiger partial charge in [-0.1, -0.05) is 51.3 Å². The predicted molar refractivity (Wildman–Crippen MR) is 60.2 cm³/mol. The van der Waals surface area contributed by atoms with E-state index in [2.05, 4.69) is 33.1 Å². The Kier molecular flexibility index (Phi) is 5.53. The van der Waals surface area contributed by atoms with Gasteiger partial charge in [-0.2, -0.15) is 0 Å². The van der Waals surface area contributed by atoms with Crippen molar-refractivity contribution in [3.63, 3.8) is 0 Å². The summed E-state index contributed by atoms with van der Waals surface area (Å²) in [5, 5.41) is 7.21. The summed E-state index contributed by atoms with van der Waals surface area (Å²) >= 11 is 0. The second kappa shape index (κ2) is 6.18.